The molecule has 0 fully saturated rings. The Kier molecular flexibility index (Phi) is 4.09. The van der Waals surface area contributed by atoms with Gasteiger partial charge in [-0.25, -0.2) is 19.2 Å². The lowest BCUT2D eigenvalue weighted by molar-refractivity contribution is -0.385. The highest BCUT2D eigenvalue weighted by Gasteiger charge is 2.20. The summed E-state index contributed by atoms with van der Waals surface area (Å²) in [6.07, 6.45) is 5.07. The molecule has 12 heteroatoms. The molecule has 4 heterocycles. The van der Waals surface area contributed by atoms with Crippen LogP contribution < -0.4 is 4.74 Å². The summed E-state index contributed by atoms with van der Waals surface area (Å²) < 4.78 is 9.74. The summed E-state index contributed by atoms with van der Waals surface area (Å²) in [4.78, 5) is 19.6. The molecule has 0 N–H and O–H groups in total. The Morgan fingerprint density at radius 2 is 2.00 bits per heavy atom. The lowest BCUT2D eigenvalue weighted by atomic mass is 10.3. The van der Waals surface area contributed by atoms with Crippen LogP contribution in [0.15, 0.2) is 49.1 Å². The summed E-state index contributed by atoms with van der Waals surface area (Å²) in [5.74, 6) is 0.538. The predicted molar refractivity (Wildman–Crippen MR) is 105 cm³/mol. The highest BCUT2D eigenvalue weighted by Crippen LogP contribution is 2.24. The van der Waals surface area contributed by atoms with Gasteiger partial charge in [0.25, 0.3) is 0 Å². The molecule has 30 heavy (non-hydrogen) atoms. The van der Waals surface area contributed by atoms with Gasteiger partial charge in [-0.15, -0.1) is 10.2 Å². The van der Waals surface area contributed by atoms with Crippen molar-refractivity contribution >= 4 is 22.4 Å². The SMILES string of the molecule is COc1nn(CCc2nc3c4cnn(-c5ccccc5)c4ncn3n2)cc1[N+](=O)[O-]. The number of methoxy groups -OCH3 is 1. The molecule has 0 aliphatic rings. The standard InChI is InChI=1S/C18H15N9O3/c1-30-18-14(27(28)29)10-24(23-18)8-7-15-21-17-13-9-20-26(12-5-3-2-4-6-12)16(13)19-11-25(17)22-15/h2-6,9-11H,7-8H2,1H3. The van der Waals surface area contributed by atoms with Gasteiger partial charge in [0.15, 0.2) is 17.1 Å². The lowest BCUT2D eigenvalue weighted by Gasteiger charge is -2.01. The lowest BCUT2D eigenvalue weighted by Crippen LogP contribution is -2.03. The fourth-order valence-electron chi connectivity index (χ4n) is 3.22. The Morgan fingerprint density at radius 3 is 2.73 bits per heavy atom. The molecule has 0 saturated heterocycles. The van der Waals surface area contributed by atoms with Crippen molar-refractivity contribution in [2.45, 2.75) is 13.0 Å². The number of nitro groups is 1. The van der Waals surface area contributed by atoms with Gasteiger partial charge in [-0.3, -0.25) is 14.8 Å². The molecule has 0 aliphatic carbocycles. The topological polar surface area (TPSA) is 131 Å². The third-order valence-electron chi connectivity index (χ3n) is 4.61. The zero-order chi connectivity index (χ0) is 20.7. The number of para-hydroxylation sites is 1. The average molecular weight is 405 g/mol. The van der Waals surface area contributed by atoms with Crippen LogP contribution in [0, 0.1) is 10.1 Å². The maximum Gasteiger partial charge on any atom is 0.350 e. The van der Waals surface area contributed by atoms with Crippen LogP contribution in [-0.2, 0) is 13.0 Å². The number of ether oxygens (including phenoxy) is 1. The van der Waals surface area contributed by atoms with Gasteiger partial charge in [-0.2, -0.15) is 5.10 Å². The van der Waals surface area contributed by atoms with Crippen LogP contribution in [0.2, 0.25) is 0 Å². The van der Waals surface area contributed by atoms with Crippen LogP contribution in [-0.4, -0.2) is 51.2 Å². The molecule has 0 aliphatic heterocycles. The molecule has 5 aromatic rings. The number of hydrogen-bond donors (Lipinski definition) is 0. The molecule has 1 aromatic carbocycles. The second-order valence-corrected chi connectivity index (χ2v) is 6.46. The Hall–Kier alpha value is -4.35. The minimum Gasteiger partial charge on any atom is -0.475 e. The van der Waals surface area contributed by atoms with E-state index in [2.05, 4.69) is 25.3 Å². The van der Waals surface area contributed by atoms with E-state index in [4.69, 9.17) is 4.74 Å². The number of hydrogen-bond acceptors (Lipinski definition) is 8. The monoisotopic (exact) mass is 405 g/mol. The molecule has 0 atom stereocenters. The van der Waals surface area contributed by atoms with Gasteiger partial charge in [0.1, 0.15) is 12.5 Å². The van der Waals surface area contributed by atoms with Gasteiger partial charge in [-0.1, -0.05) is 18.2 Å². The Morgan fingerprint density at radius 1 is 1.17 bits per heavy atom. The van der Waals surface area contributed by atoms with E-state index in [1.807, 2.05) is 30.3 Å². The van der Waals surface area contributed by atoms with E-state index in [9.17, 15) is 10.1 Å². The van der Waals surface area contributed by atoms with E-state index < -0.39 is 4.92 Å². The number of aryl methyl sites for hydroxylation is 2. The van der Waals surface area contributed by atoms with Crippen molar-refractivity contribution in [3.8, 4) is 11.6 Å². The molecule has 150 valence electrons. The summed E-state index contributed by atoms with van der Waals surface area (Å²) in [6, 6.07) is 9.71. The normalized spacial score (nSPS) is 11.4. The van der Waals surface area contributed by atoms with Crippen LogP contribution in [0.4, 0.5) is 5.69 Å². The molecule has 0 unspecified atom stereocenters. The largest absolute Gasteiger partial charge is 0.475 e. The highest BCUT2D eigenvalue weighted by molar-refractivity contribution is 5.89. The summed E-state index contributed by atoms with van der Waals surface area (Å²) in [7, 11) is 1.34. The van der Waals surface area contributed by atoms with Gasteiger partial charge in [0.2, 0.25) is 0 Å². The molecular weight excluding hydrogens is 390 g/mol. The predicted octanol–water partition coefficient (Wildman–Crippen LogP) is 1.82. The van der Waals surface area contributed by atoms with Crippen molar-refractivity contribution in [1.82, 2.24) is 39.1 Å². The Bertz CT molecular complexity index is 1370. The molecule has 4 aromatic heterocycles. The fraction of sp³-hybridized carbons (Fsp3) is 0.167. The van der Waals surface area contributed by atoms with Crippen molar-refractivity contribution in [3.63, 3.8) is 0 Å². The van der Waals surface area contributed by atoms with Gasteiger partial charge < -0.3 is 4.74 Å². The smallest absolute Gasteiger partial charge is 0.350 e. The van der Waals surface area contributed by atoms with Crippen LogP contribution in [0.5, 0.6) is 5.88 Å². The van der Waals surface area contributed by atoms with Crippen LogP contribution >= 0.6 is 0 Å². The van der Waals surface area contributed by atoms with E-state index in [0.717, 1.165) is 11.1 Å². The van der Waals surface area contributed by atoms with Gasteiger partial charge >= 0.3 is 11.6 Å². The molecule has 12 nitrogen and oxygen atoms in total. The van der Waals surface area contributed by atoms with Crippen molar-refractivity contribution < 1.29 is 9.66 Å². The van der Waals surface area contributed by atoms with E-state index in [0.29, 0.717) is 30.1 Å². The third-order valence-corrected chi connectivity index (χ3v) is 4.61. The van der Waals surface area contributed by atoms with Crippen molar-refractivity contribution in [2.75, 3.05) is 7.11 Å². The average Bonchev–Trinajstić information content (AvgIpc) is 3.47. The van der Waals surface area contributed by atoms with Crippen molar-refractivity contribution in [3.05, 3.63) is 65.0 Å². The summed E-state index contributed by atoms with van der Waals surface area (Å²) >= 11 is 0. The highest BCUT2D eigenvalue weighted by atomic mass is 16.6. The first-order chi connectivity index (χ1) is 14.6. The molecule has 5 rings (SSSR count). The molecule has 0 bridgehead atoms. The maximum absolute atomic E-state index is 11.0. The van der Waals surface area contributed by atoms with Crippen LogP contribution in [0.25, 0.3) is 22.4 Å². The number of benzene rings is 1. The fourth-order valence-corrected chi connectivity index (χ4v) is 3.22. The first-order valence-electron chi connectivity index (χ1n) is 9.03. The van der Waals surface area contributed by atoms with E-state index in [-0.39, 0.29) is 11.6 Å². The molecule has 0 saturated carbocycles. The number of rotatable bonds is 6. The first-order valence-corrected chi connectivity index (χ1v) is 9.03. The van der Waals surface area contributed by atoms with Gasteiger partial charge in [0, 0.05) is 13.0 Å². The molecule has 0 radical (unpaired) electrons. The Balaban J connectivity index is 1.45. The van der Waals surface area contributed by atoms with Crippen LogP contribution in [0.3, 0.4) is 0 Å². The van der Waals surface area contributed by atoms with E-state index >= 15 is 0 Å². The quantitative estimate of drug-likeness (QED) is 0.309. The van der Waals surface area contributed by atoms with Crippen molar-refractivity contribution in [1.29, 1.82) is 0 Å². The summed E-state index contributed by atoms with van der Waals surface area (Å²) in [6.45, 7) is 0.362. The van der Waals surface area contributed by atoms with Crippen molar-refractivity contribution in [2.24, 2.45) is 0 Å². The molecule has 0 spiro atoms. The molecule has 0 amide bonds. The summed E-state index contributed by atoms with van der Waals surface area (Å²) in [5, 5.41) is 24.8. The number of nitrogens with zero attached hydrogens (tertiary/aromatic N) is 9. The summed E-state index contributed by atoms with van der Waals surface area (Å²) in [5.41, 5.74) is 2.04. The zero-order valence-electron chi connectivity index (χ0n) is 15.8. The van der Waals surface area contributed by atoms with E-state index in [1.165, 1.54) is 18.0 Å². The zero-order valence-corrected chi connectivity index (χ0v) is 15.8. The number of fused-ring (bicyclic) bond motifs is 3. The first kappa shape index (κ1) is 17.7. The number of aromatic nitrogens is 8. The third kappa shape index (κ3) is 2.90. The maximum atomic E-state index is 11.0. The van der Waals surface area contributed by atoms with Crippen LogP contribution in [0.1, 0.15) is 5.82 Å². The van der Waals surface area contributed by atoms with E-state index in [1.54, 1.807) is 21.7 Å². The minimum absolute atomic E-state index is 0.0257. The second-order valence-electron chi connectivity index (χ2n) is 6.46. The van der Waals surface area contributed by atoms with Gasteiger partial charge in [-0.05, 0) is 12.1 Å². The molecular formula is C18H15N9O3. The second kappa shape index (κ2) is 6.92. The minimum atomic E-state index is -0.529. The Labute approximate surface area is 168 Å². The van der Waals surface area contributed by atoms with Gasteiger partial charge in [0.05, 0.1) is 29.3 Å².